The van der Waals surface area contributed by atoms with Crippen molar-refractivity contribution >= 4 is 5.91 Å². The van der Waals surface area contributed by atoms with Crippen LogP contribution in [0.25, 0.3) is 11.3 Å². The number of hydrogen-bond acceptors (Lipinski definition) is 4. The van der Waals surface area contributed by atoms with E-state index >= 15 is 0 Å². The highest BCUT2D eigenvalue weighted by atomic mass is 16.5. The Kier molecular flexibility index (Phi) is 5.85. The van der Waals surface area contributed by atoms with E-state index in [0.717, 1.165) is 62.5 Å². The van der Waals surface area contributed by atoms with E-state index in [2.05, 4.69) is 34.7 Å². The van der Waals surface area contributed by atoms with E-state index in [0.29, 0.717) is 18.3 Å². The largest absolute Gasteiger partial charge is 0.356 e. The quantitative estimate of drug-likeness (QED) is 0.682. The lowest BCUT2D eigenvalue weighted by Crippen LogP contribution is -2.42. The molecule has 1 fully saturated rings. The summed E-state index contributed by atoms with van der Waals surface area (Å²) < 4.78 is 5.59. The van der Waals surface area contributed by atoms with Gasteiger partial charge in [0.1, 0.15) is 0 Å². The summed E-state index contributed by atoms with van der Waals surface area (Å²) in [6.07, 6.45) is 3.45. The van der Waals surface area contributed by atoms with Gasteiger partial charge in [0.2, 0.25) is 5.91 Å². The Hall–Kier alpha value is -2.92. The number of rotatable bonds is 5. The maximum atomic E-state index is 13.1. The lowest BCUT2D eigenvalue weighted by molar-refractivity contribution is -0.133. The minimum Gasteiger partial charge on any atom is -0.356 e. The number of nitrogens with zero attached hydrogens (tertiary/aromatic N) is 2. The molecule has 2 aliphatic heterocycles. The van der Waals surface area contributed by atoms with Crippen molar-refractivity contribution in [1.29, 1.82) is 0 Å². The van der Waals surface area contributed by atoms with Crippen molar-refractivity contribution in [2.24, 2.45) is 11.8 Å². The number of fused-ring (bicyclic) bond motifs is 1. The SMILES string of the molecule is O=C(C[C@@H]1CCNC[C@@H]1Cc1cc(-c2ccccc2)on1)N1CCc2ccccc2C1. The Balaban J connectivity index is 1.23. The Bertz CT molecular complexity index is 1030. The van der Waals surface area contributed by atoms with Crippen molar-refractivity contribution in [2.75, 3.05) is 19.6 Å². The molecule has 160 valence electrons. The fraction of sp³-hybridized carbons (Fsp3) is 0.385. The number of amides is 1. The maximum absolute atomic E-state index is 13.1. The Labute approximate surface area is 183 Å². The minimum atomic E-state index is 0.288. The predicted octanol–water partition coefficient (Wildman–Crippen LogP) is 4.08. The molecule has 0 bridgehead atoms. The van der Waals surface area contributed by atoms with E-state index in [1.54, 1.807) is 0 Å². The van der Waals surface area contributed by atoms with Crippen LogP contribution in [0.3, 0.4) is 0 Å². The highest BCUT2D eigenvalue weighted by molar-refractivity contribution is 5.77. The number of piperidine rings is 1. The van der Waals surface area contributed by atoms with E-state index in [-0.39, 0.29) is 5.91 Å². The molecule has 1 saturated heterocycles. The van der Waals surface area contributed by atoms with Crippen LogP contribution < -0.4 is 5.32 Å². The van der Waals surface area contributed by atoms with E-state index in [4.69, 9.17) is 4.52 Å². The average molecular weight is 416 g/mol. The van der Waals surface area contributed by atoms with E-state index in [1.807, 2.05) is 41.3 Å². The molecule has 3 aromatic rings. The fourth-order valence-electron chi connectivity index (χ4n) is 4.96. The minimum absolute atomic E-state index is 0.288. The Morgan fingerprint density at radius 3 is 2.74 bits per heavy atom. The van der Waals surface area contributed by atoms with Gasteiger partial charge < -0.3 is 14.7 Å². The van der Waals surface area contributed by atoms with Crippen LogP contribution in [0.4, 0.5) is 0 Å². The second kappa shape index (κ2) is 9.06. The normalized spacial score (nSPS) is 21.0. The summed E-state index contributed by atoms with van der Waals surface area (Å²) in [4.78, 5) is 15.2. The molecular weight excluding hydrogens is 386 g/mol. The van der Waals surface area contributed by atoms with Crippen molar-refractivity contribution < 1.29 is 9.32 Å². The monoisotopic (exact) mass is 415 g/mol. The maximum Gasteiger partial charge on any atom is 0.223 e. The summed E-state index contributed by atoms with van der Waals surface area (Å²) >= 11 is 0. The molecule has 2 aromatic carbocycles. The zero-order valence-corrected chi connectivity index (χ0v) is 17.8. The predicted molar refractivity (Wildman–Crippen MR) is 120 cm³/mol. The van der Waals surface area contributed by atoms with Crippen molar-refractivity contribution in [1.82, 2.24) is 15.4 Å². The van der Waals surface area contributed by atoms with Gasteiger partial charge in [-0.15, -0.1) is 0 Å². The fourth-order valence-corrected chi connectivity index (χ4v) is 4.96. The van der Waals surface area contributed by atoms with Crippen LogP contribution in [0.15, 0.2) is 65.2 Å². The van der Waals surface area contributed by atoms with Gasteiger partial charge in [-0.05, 0) is 55.3 Å². The third-order valence-electron chi connectivity index (χ3n) is 6.77. The third kappa shape index (κ3) is 4.57. The van der Waals surface area contributed by atoms with Gasteiger partial charge in [-0.25, -0.2) is 0 Å². The summed E-state index contributed by atoms with van der Waals surface area (Å²) in [6, 6.07) is 20.6. The topological polar surface area (TPSA) is 58.4 Å². The first-order chi connectivity index (χ1) is 15.3. The van der Waals surface area contributed by atoms with Gasteiger partial charge in [0.25, 0.3) is 0 Å². The molecule has 2 aliphatic rings. The number of carbonyl (C=O) groups excluding carboxylic acids is 1. The Morgan fingerprint density at radius 1 is 1.06 bits per heavy atom. The van der Waals surface area contributed by atoms with E-state index in [9.17, 15) is 4.79 Å². The first kappa shape index (κ1) is 20.0. The number of hydrogen-bond donors (Lipinski definition) is 1. The van der Waals surface area contributed by atoms with Crippen LogP contribution in [-0.4, -0.2) is 35.6 Å². The van der Waals surface area contributed by atoms with Crippen LogP contribution in [0.1, 0.15) is 29.7 Å². The van der Waals surface area contributed by atoms with Gasteiger partial charge >= 0.3 is 0 Å². The van der Waals surface area contributed by atoms with Crippen molar-refractivity contribution in [3.63, 3.8) is 0 Å². The molecule has 1 N–H and O–H groups in total. The van der Waals surface area contributed by atoms with Crippen LogP contribution in [0.5, 0.6) is 0 Å². The van der Waals surface area contributed by atoms with Crippen molar-refractivity contribution in [3.05, 3.63) is 77.5 Å². The molecule has 2 atom stereocenters. The van der Waals surface area contributed by atoms with Gasteiger partial charge in [-0.2, -0.15) is 0 Å². The smallest absolute Gasteiger partial charge is 0.223 e. The summed E-state index contributed by atoms with van der Waals surface area (Å²) in [5, 5.41) is 7.82. The zero-order chi connectivity index (χ0) is 21.0. The molecule has 1 aromatic heterocycles. The van der Waals surface area contributed by atoms with Gasteiger partial charge in [0, 0.05) is 31.1 Å². The lowest BCUT2D eigenvalue weighted by Gasteiger charge is -2.34. The third-order valence-corrected chi connectivity index (χ3v) is 6.77. The first-order valence-electron chi connectivity index (χ1n) is 11.3. The van der Waals surface area contributed by atoms with E-state index < -0.39 is 0 Å². The van der Waals surface area contributed by atoms with Crippen molar-refractivity contribution in [3.8, 4) is 11.3 Å². The number of nitrogens with one attached hydrogen (secondary N) is 1. The molecule has 5 rings (SSSR count). The molecule has 0 radical (unpaired) electrons. The van der Waals surface area contributed by atoms with E-state index in [1.165, 1.54) is 11.1 Å². The van der Waals surface area contributed by atoms with Crippen LogP contribution in [0.2, 0.25) is 0 Å². The summed E-state index contributed by atoms with van der Waals surface area (Å²) in [5.74, 6) is 1.86. The van der Waals surface area contributed by atoms with Crippen LogP contribution in [0, 0.1) is 11.8 Å². The molecule has 1 amide bonds. The summed E-state index contributed by atoms with van der Waals surface area (Å²) in [6.45, 7) is 3.48. The molecule has 5 heteroatoms. The number of benzene rings is 2. The van der Waals surface area contributed by atoms with Crippen LogP contribution >= 0.6 is 0 Å². The molecule has 0 unspecified atom stereocenters. The average Bonchev–Trinajstić information content (AvgIpc) is 3.29. The van der Waals surface area contributed by atoms with Crippen LogP contribution in [-0.2, 0) is 24.2 Å². The van der Waals surface area contributed by atoms with Gasteiger partial charge in [-0.3, -0.25) is 4.79 Å². The number of aromatic nitrogens is 1. The molecule has 0 saturated carbocycles. The standard InChI is InChI=1S/C26H29N3O2/c30-26(29-13-11-19-6-4-5-9-22(19)18-29)15-21-10-12-27-17-23(21)14-24-16-25(31-28-24)20-7-2-1-3-8-20/h1-9,16,21,23,27H,10-15,17-18H2/t21-,23-/m0/s1. The first-order valence-corrected chi connectivity index (χ1v) is 11.3. The van der Waals surface area contributed by atoms with Gasteiger partial charge in [0.15, 0.2) is 5.76 Å². The Morgan fingerprint density at radius 2 is 1.87 bits per heavy atom. The summed E-state index contributed by atoms with van der Waals surface area (Å²) in [7, 11) is 0. The molecule has 0 spiro atoms. The van der Waals surface area contributed by atoms with Crippen molar-refractivity contribution in [2.45, 2.75) is 32.2 Å². The molecule has 0 aliphatic carbocycles. The molecule has 5 nitrogen and oxygen atoms in total. The lowest BCUT2D eigenvalue weighted by atomic mass is 9.80. The highest BCUT2D eigenvalue weighted by Crippen LogP contribution is 2.29. The highest BCUT2D eigenvalue weighted by Gasteiger charge is 2.30. The zero-order valence-electron chi connectivity index (χ0n) is 17.8. The number of carbonyl (C=O) groups is 1. The second-order valence-electron chi connectivity index (χ2n) is 8.80. The molecular formula is C26H29N3O2. The second-order valence-corrected chi connectivity index (χ2v) is 8.80. The summed E-state index contributed by atoms with van der Waals surface area (Å²) in [5.41, 5.74) is 4.68. The van der Waals surface area contributed by atoms with Gasteiger partial charge in [-0.1, -0.05) is 59.8 Å². The van der Waals surface area contributed by atoms with Gasteiger partial charge in [0.05, 0.1) is 5.69 Å². The molecule has 3 heterocycles. The molecule has 31 heavy (non-hydrogen) atoms.